The van der Waals surface area contributed by atoms with E-state index < -0.39 is 49.6 Å². The molecule has 0 spiro atoms. The number of primary amides is 1. The second-order valence-electron chi connectivity index (χ2n) is 5.85. The lowest BCUT2D eigenvalue weighted by Crippen LogP contribution is -2.51. The van der Waals surface area contributed by atoms with Gasteiger partial charge >= 0.3 is 5.97 Å². The van der Waals surface area contributed by atoms with E-state index in [9.17, 15) is 14.7 Å². The fourth-order valence-electron chi connectivity index (χ4n) is 3.95. The summed E-state index contributed by atoms with van der Waals surface area (Å²) in [5, 5.41) is 9.51. The van der Waals surface area contributed by atoms with Gasteiger partial charge in [-0.3, -0.25) is 9.59 Å². The summed E-state index contributed by atoms with van der Waals surface area (Å²) < 4.78 is -1.86. The maximum atomic E-state index is 11.8. The highest BCUT2D eigenvalue weighted by Gasteiger charge is 2.83. The fourth-order valence-corrected chi connectivity index (χ4v) is 6.97. The molecule has 0 radical (unpaired) electrons. The SMILES string of the molecule is NC(=O)C1C=CC2C(C1C(=O)O)C1(Cl)C(Cl)=C(Cl)C2(Cl)C1(Cl)Cl. The van der Waals surface area contributed by atoms with Crippen LogP contribution in [0.4, 0.5) is 0 Å². The number of rotatable bonds is 2. The number of carbonyl (C=O) groups excluding carboxylic acids is 1. The van der Waals surface area contributed by atoms with Gasteiger partial charge in [-0.2, -0.15) is 0 Å². The van der Waals surface area contributed by atoms with Gasteiger partial charge in [-0.05, 0) is 0 Å². The molecule has 4 nitrogen and oxygen atoms in total. The predicted octanol–water partition coefficient (Wildman–Crippen LogP) is 3.44. The quantitative estimate of drug-likeness (QED) is 0.511. The zero-order valence-corrected chi connectivity index (χ0v) is 15.6. The smallest absolute Gasteiger partial charge is 0.308 e. The summed E-state index contributed by atoms with van der Waals surface area (Å²) in [4.78, 5) is 20.1. The van der Waals surface area contributed by atoms with E-state index in [0.717, 1.165) is 0 Å². The Bertz CT molecular complexity index is 691. The van der Waals surface area contributed by atoms with Crippen LogP contribution in [0.25, 0.3) is 0 Å². The number of halogens is 6. The van der Waals surface area contributed by atoms with Gasteiger partial charge in [0.25, 0.3) is 0 Å². The largest absolute Gasteiger partial charge is 0.481 e. The Morgan fingerprint density at radius 2 is 1.57 bits per heavy atom. The summed E-state index contributed by atoms with van der Waals surface area (Å²) in [5.74, 6) is -6.12. The van der Waals surface area contributed by atoms with Crippen molar-refractivity contribution < 1.29 is 14.7 Å². The molecule has 2 bridgehead atoms. The first-order chi connectivity index (χ1) is 10.4. The average Bonchev–Trinajstić information content (AvgIpc) is 2.67. The highest BCUT2D eigenvalue weighted by atomic mass is 35.5. The van der Waals surface area contributed by atoms with Crippen LogP contribution in [0.5, 0.6) is 0 Å². The first-order valence-electron chi connectivity index (χ1n) is 6.46. The maximum Gasteiger partial charge on any atom is 0.308 e. The minimum absolute atomic E-state index is 0.0200. The third-order valence-corrected chi connectivity index (χ3v) is 9.26. The Morgan fingerprint density at radius 1 is 1.04 bits per heavy atom. The highest BCUT2D eigenvalue weighted by Crippen LogP contribution is 2.78. The van der Waals surface area contributed by atoms with E-state index in [1.807, 2.05) is 0 Å². The van der Waals surface area contributed by atoms with Crippen LogP contribution in [0.3, 0.4) is 0 Å². The van der Waals surface area contributed by atoms with Crippen molar-refractivity contribution in [2.45, 2.75) is 14.1 Å². The molecule has 10 heteroatoms. The topological polar surface area (TPSA) is 80.4 Å². The maximum absolute atomic E-state index is 11.8. The monoisotopic (exact) mass is 437 g/mol. The first kappa shape index (κ1) is 18.0. The van der Waals surface area contributed by atoms with Crippen LogP contribution in [-0.4, -0.2) is 31.1 Å². The zero-order valence-electron chi connectivity index (χ0n) is 11.1. The van der Waals surface area contributed by atoms with E-state index in [0.29, 0.717) is 0 Å². The molecule has 126 valence electrons. The Morgan fingerprint density at radius 3 is 2.04 bits per heavy atom. The number of carboxylic acid groups (broad SMARTS) is 1. The van der Waals surface area contributed by atoms with Crippen LogP contribution >= 0.6 is 69.6 Å². The zero-order chi connectivity index (χ0) is 17.5. The van der Waals surface area contributed by atoms with Crippen molar-refractivity contribution in [1.82, 2.24) is 0 Å². The van der Waals surface area contributed by atoms with Crippen LogP contribution in [0.15, 0.2) is 22.2 Å². The number of hydrogen-bond acceptors (Lipinski definition) is 2. The molecule has 0 aromatic carbocycles. The van der Waals surface area contributed by atoms with Gasteiger partial charge in [0.15, 0.2) is 4.33 Å². The number of hydrogen-bond donors (Lipinski definition) is 2. The van der Waals surface area contributed by atoms with E-state index in [4.69, 9.17) is 75.3 Å². The van der Waals surface area contributed by atoms with Gasteiger partial charge in [0, 0.05) is 11.8 Å². The van der Waals surface area contributed by atoms with Gasteiger partial charge in [-0.25, -0.2) is 0 Å². The molecule has 1 amide bonds. The number of nitrogens with two attached hydrogens (primary N) is 1. The Kier molecular flexibility index (Phi) is 3.97. The highest BCUT2D eigenvalue weighted by molar-refractivity contribution is 6.65. The predicted molar refractivity (Wildman–Crippen MR) is 90.3 cm³/mol. The first-order valence-corrected chi connectivity index (χ1v) is 8.73. The average molecular weight is 440 g/mol. The summed E-state index contributed by atoms with van der Waals surface area (Å²) in [6, 6.07) is 0. The fraction of sp³-hybridized carbons (Fsp3) is 0.538. The van der Waals surface area contributed by atoms with E-state index in [2.05, 4.69) is 0 Å². The lowest BCUT2D eigenvalue weighted by atomic mass is 9.65. The van der Waals surface area contributed by atoms with Gasteiger partial charge in [-0.15, -0.1) is 23.2 Å². The molecule has 1 saturated carbocycles. The number of alkyl halides is 4. The van der Waals surface area contributed by atoms with E-state index in [1.54, 1.807) is 6.08 Å². The second kappa shape index (κ2) is 5.09. The number of aliphatic carboxylic acids is 1. The summed E-state index contributed by atoms with van der Waals surface area (Å²) in [6.07, 6.45) is 2.93. The summed E-state index contributed by atoms with van der Waals surface area (Å²) in [6.45, 7) is 0. The summed E-state index contributed by atoms with van der Waals surface area (Å²) in [7, 11) is 0. The molecule has 1 fully saturated rings. The molecule has 6 atom stereocenters. The van der Waals surface area contributed by atoms with Crippen molar-refractivity contribution in [3.05, 3.63) is 22.2 Å². The molecular formula is C13H9Cl6NO3. The molecular weight excluding hydrogens is 431 g/mol. The second-order valence-corrected chi connectivity index (χ2v) is 9.13. The Labute approximate surface area is 161 Å². The van der Waals surface area contributed by atoms with Crippen molar-refractivity contribution in [2.24, 2.45) is 29.4 Å². The van der Waals surface area contributed by atoms with E-state index >= 15 is 0 Å². The van der Waals surface area contributed by atoms with Crippen molar-refractivity contribution >= 4 is 81.5 Å². The minimum atomic E-state index is -1.86. The molecule has 3 rings (SSSR count). The minimum Gasteiger partial charge on any atom is -0.481 e. The molecule has 0 aromatic heterocycles. The van der Waals surface area contributed by atoms with Crippen molar-refractivity contribution in [2.75, 3.05) is 0 Å². The lowest BCUT2D eigenvalue weighted by molar-refractivity contribution is -0.149. The molecule has 0 aliphatic heterocycles. The molecule has 6 unspecified atom stereocenters. The van der Waals surface area contributed by atoms with Gasteiger partial charge in [0.05, 0.1) is 21.9 Å². The molecule has 0 aromatic rings. The number of allylic oxidation sites excluding steroid dienone is 3. The van der Waals surface area contributed by atoms with E-state index in [-0.39, 0.29) is 10.1 Å². The van der Waals surface area contributed by atoms with Crippen molar-refractivity contribution in [3.63, 3.8) is 0 Å². The van der Waals surface area contributed by atoms with Gasteiger partial charge in [0.2, 0.25) is 5.91 Å². The van der Waals surface area contributed by atoms with Crippen LogP contribution in [0.1, 0.15) is 0 Å². The lowest BCUT2D eigenvalue weighted by Gasteiger charge is -2.42. The van der Waals surface area contributed by atoms with Gasteiger partial charge in [0.1, 0.15) is 9.75 Å². The molecule has 0 heterocycles. The van der Waals surface area contributed by atoms with Crippen LogP contribution in [-0.2, 0) is 9.59 Å². The van der Waals surface area contributed by atoms with Crippen LogP contribution in [0.2, 0.25) is 0 Å². The van der Waals surface area contributed by atoms with Crippen molar-refractivity contribution in [1.29, 1.82) is 0 Å². The summed E-state index contributed by atoms with van der Waals surface area (Å²) >= 11 is 38.5. The third-order valence-electron chi connectivity index (χ3n) is 4.96. The van der Waals surface area contributed by atoms with E-state index in [1.165, 1.54) is 6.08 Å². The molecule has 0 saturated heterocycles. The Hall–Kier alpha value is 0.160. The molecule has 23 heavy (non-hydrogen) atoms. The Balaban J connectivity index is 2.29. The molecule has 3 aliphatic rings. The standard InChI is InChI=1S/C13H9Cl6NO3/c14-7-8(15)12(17)6-4(11(7,16)13(12,18)19)2-1-3(9(20)21)5(6)10(22)23/h1-6H,(H2,20,21)(H,22,23). The number of fused-ring (bicyclic) bond motifs is 5. The van der Waals surface area contributed by atoms with Crippen LogP contribution < -0.4 is 5.73 Å². The number of carboxylic acids is 1. The van der Waals surface area contributed by atoms with Gasteiger partial charge in [-0.1, -0.05) is 58.6 Å². The van der Waals surface area contributed by atoms with Crippen LogP contribution in [0, 0.1) is 23.7 Å². The molecule has 3 N–H and O–H groups in total. The van der Waals surface area contributed by atoms with Crippen molar-refractivity contribution in [3.8, 4) is 0 Å². The third kappa shape index (κ3) is 1.78. The normalized spacial score (nSPS) is 46.9. The number of carbonyl (C=O) groups is 2. The number of amides is 1. The summed E-state index contributed by atoms with van der Waals surface area (Å²) in [5.41, 5.74) is 5.32. The molecule has 3 aliphatic carbocycles. The van der Waals surface area contributed by atoms with Gasteiger partial charge < -0.3 is 10.8 Å².